The summed E-state index contributed by atoms with van der Waals surface area (Å²) in [7, 11) is 0. The molecule has 2 aromatic carbocycles. The van der Waals surface area contributed by atoms with Gasteiger partial charge in [-0.3, -0.25) is 0 Å². The number of nitrogens with zero attached hydrogens (tertiary/aromatic N) is 1. The molecule has 3 aromatic rings. The van der Waals surface area contributed by atoms with Gasteiger partial charge in [0.15, 0.2) is 0 Å². The predicted octanol–water partition coefficient (Wildman–Crippen LogP) is 6.92. The van der Waals surface area contributed by atoms with Crippen molar-refractivity contribution in [2.75, 3.05) is 19.6 Å². The van der Waals surface area contributed by atoms with Crippen molar-refractivity contribution in [3.63, 3.8) is 0 Å². The maximum atomic E-state index is 12.8. The monoisotopic (exact) mass is 403 g/mol. The number of benzene rings is 2. The SMILES string of the molecule is Cc1sc2cc(CCCN3CCCC3)ccc2c1-c1ccc(C(F)(F)F)cc1. The number of rotatable bonds is 5. The van der Waals surface area contributed by atoms with Gasteiger partial charge < -0.3 is 4.90 Å². The van der Waals surface area contributed by atoms with Gasteiger partial charge in [-0.2, -0.15) is 13.2 Å². The third kappa shape index (κ3) is 4.11. The van der Waals surface area contributed by atoms with E-state index in [0.717, 1.165) is 34.4 Å². The molecule has 0 saturated carbocycles. The number of alkyl halides is 3. The second-order valence-electron chi connectivity index (χ2n) is 7.59. The zero-order valence-electron chi connectivity index (χ0n) is 16.0. The minimum atomic E-state index is -4.30. The molecule has 1 aliphatic rings. The molecule has 1 nitrogen and oxygen atoms in total. The van der Waals surface area contributed by atoms with Crippen molar-refractivity contribution < 1.29 is 13.2 Å². The van der Waals surface area contributed by atoms with Crippen molar-refractivity contribution in [2.45, 2.75) is 38.8 Å². The summed E-state index contributed by atoms with van der Waals surface area (Å²) in [5.74, 6) is 0. The molecule has 0 radical (unpaired) electrons. The Morgan fingerprint density at radius 3 is 2.39 bits per heavy atom. The van der Waals surface area contributed by atoms with Crippen LogP contribution < -0.4 is 0 Å². The highest BCUT2D eigenvalue weighted by Crippen LogP contribution is 2.40. The average Bonchev–Trinajstić information content (AvgIpc) is 3.27. The van der Waals surface area contributed by atoms with Gasteiger partial charge in [-0.15, -0.1) is 11.3 Å². The van der Waals surface area contributed by atoms with Crippen LogP contribution in [0.5, 0.6) is 0 Å². The molecule has 5 heteroatoms. The van der Waals surface area contributed by atoms with Crippen molar-refractivity contribution >= 4 is 21.4 Å². The molecule has 28 heavy (non-hydrogen) atoms. The van der Waals surface area contributed by atoms with Crippen LogP contribution in [0.15, 0.2) is 42.5 Å². The summed E-state index contributed by atoms with van der Waals surface area (Å²) < 4.78 is 39.7. The van der Waals surface area contributed by atoms with E-state index in [2.05, 4.69) is 23.1 Å². The normalized spacial score (nSPS) is 15.6. The summed E-state index contributed by atoms with van der Waals surface area (Å²) in [6.45, 7) is 5.68. The molecule has 4 rings (SSSR count). The predicted molar refractivity (Wildman–Crippen MR) is 111 cm³/mol. The van der Waals surface area contributed by atoms with Gasteiger partial charge in [0.1, 0.15) is 0 Å². The summed E-state index contributed by atoms with van der Waals surface area (Å²) in [6, 6.07) is 12.1. The Labute approximate surface area is 167 Å². The van der Waals surface area contributed by atoms with Crippen molar-refractivity contribution in [3.05, 3.63) is 58.5 Å². The van der Waals surface area contributed by atoms with Crippen LogP contribution >= 0.6 is 11.3 Å². The Morgan fingerprint density at radius 2 is 1.71 bits per heavy atom. The largest absolute Gasteiger partial charge is 0.416 e. The highest BCUT2D eigenvalue weighted by atomic mass is 32.1. The van der Waals surface area contributed by atoms with Gasteiger partial charge in [-0.05, 0) is 81.6 Å². The lowest BCUT2D eigenvalue weighted by molar-refractivity contribution is -0.137. The topological polar surface area (TPSA) is 3.24 Å². The third-order valence-electron chi connectivity index (χ3n) is 5.57. The molecule has 148 valence electrons. The molecular formula is C23H24F3NS. The number of halogens is 3. The average molecular weight is 404 g/mol. The van der Waals surface area contributed by atoms with E-state index in [1.807, 2.05) is 6.92 Å². The molecule has 1 fully saturated rings. The quantitative estimate of drug-likeness (QED) is 0.447. The lowest BCUT2D eigenvalue weighted by Crippen LogP contribution is -2.20. The molecule has 0 bridgehead atoms. The summed E-state index contributed by atoms with van der Waals surface area (Å²) in [4.78, 5) is 3.68. The zero-order valence-corrected chi connectivity index (χ0v) is 16.8. The van der Waals surface area contributed by atoms with Crippen molar-refractivity contribution in [1.82, 2.24) is 4.90 Å². The van der Waals surface area contributed by atoms with Crippen LogP contribution in [-0.2, 0) is 12.6 Å². The molecule has 0 unspecified atom stereocenters. The summed E-state index contributed by atoms with van der Waals surface area (Å²) in [5, 5.41) is 1.13. The highest BCUT2D eigenvalue weighted by molar-refractivity contribution is 7.19. The number of fused-ring (bicyclic) bond motifs is 1. The number of hydrogen-bond donors (Lipinski definition) is 0. The second kappa shape index (κ2) is 7.88. The number of aryl methyl sites for hydroxylation is 2. The molecule has 0 spiro atoms. The zero-order chi connectivity index (χ0) is 19.7. The van der Waals surface area contributed by atoms with Crippen LogP contribution in [0.1, 0.15) is 35.3 Å². The van der Waals surface area contributed by atoms with Crippen LogP contribution in [0.4, 0.5) is 13.2 Å². The Bertz CT molecular complexity index is 950. The summed E-state index contributed by atoms with van der Waals surface area (Å²) >= 11 is 1.72. The van der Waals surface area contributed by atoms with Gasteiger partial charge in [-0.1, -0.05) is 24.3 Å². The van der Waals surface area contributed by atoms with Crippen LogP contribution in [0.3, 0.4) is 0 Å². The van der Waals surface area contributed by atoms with Gasteiger partial charge in [0.2, 0.25) is 0 Å². The maximum Gasteiger partial charge on any atom is 0.416 e. The lowest BCUT2D eigenvalue weighted by atomic mass is 9.99. The van der Waals surface area contributed by atoms with Gasteiger partial charge in [0, 0.05) is 20.5 Å². The number of thiophene rings is 1. The van der Waals surface area contributed by atoms with Crippen molar-refractivity contribution in [1.29, 1.82) is 0 Å². The van der Waals surface area contributed by atoms with Gasteiger partial charge in [0.25, 0.3) is 0 Å². The molecule has 1 aromatic heterocycles. The molecule has 0 atom stereocenters. The summed E-state index contributed by atoms with van der Waals surface area (Å²) in [5.41, 5.74) is 2.64. The molecule has 0 aliphatic carbocycles. The van der Waals surface area contributed by atoms with Crippen LogP contribution in [0.2, 0.25) is 0 Å². The first kappa shape index (κ1) is 19.5. The fourth-order valence-electron chi connectivity index (χ4n) is 4.12. The standard InChI is InChI=1S/C23H24F3NS/c1-16-22(18-7-9-19(10-8-18)23(24,25)26)20-11-6-17(15-21(20)28-16)5-4-14-27-12-2-3-13-27/h6-11,15H,2-5,12-14H2,1H3. The van der Waals surface area contributed by atoms with E-state index >= 15 is 0 Å². The maximum absolute atomic E-state index is 12.8. The first-order valence-corrected chi connectivity index (χ1v) is 10.7. The van der Waals surface area contributed by atoms with Crippen LogP contribution in [0, 0.1) is 6.92 Å². The number of likely N-dealkylation sites (tertiary alicyclic amines) is 1. The Kier molecular flexibility index (Phi) is 5.48. The summed E-state index contributed by atoms with van der Waals surface area (Å²) in [6.07, 6.45) is 0.592. The molecule has 0 N–H and O–H groups in total. The van der Waals surface area contributed by atoms with E-state index in [9.17, 15) is 13.2 Å². The van der Waals surface area contributed by atoms with Crippen LogP contribution in [-0.4, -0.2) is 24.5 Å². The van der Waals surface area contributed by atoms with Gasteiger partial charge in [-0.25, -0.2) is 0 Å². The van der Waals surface area contributed by atoms with E-state index < -0.39 is 11.7 Å². The fourth-order valence-corrected chi connectivity index (χ4v) is 5.27. The smallest absolute Gasteiger partial charge is 0.303 e. The lowest BCUT2D eigenvalue weighted by Gasteiger charge is -2.14. The first-order chi connectivity index (χ1) is 13.4. The Balaban J connectivity index is 1.54. The fraction of sp³-hybridized carbons (Fsp3) is 0.391. The van der Waals surface area contributed by atoms with Crippen molar-refractivity contribution in [2.24, 2.45) is 0 Å². The molecule has 2 heterocycles. The van der Waals surface area contributed by atoms with E-state index in [0.29, 0.717) is 0 Å². The van der Waals surface area contributed by atoms with E-state index in [1.54, 1.807) is 23.5 Å². The van der Waals surface area contributed by atoms with Crippen LogP contribution in [0.25, 0.3) is 21.2 Å². The van der Waals surface area contributed by atoms with Crippen molar-refractivity contribution in [3.8, 4) is 11.1 Å². The molecular weight excluding hydrogens is 379 g/mol. The third-order valence-corrected chi connectivity index (χ3v) is 6.64. The second-order valence-corrected chi connectivity index (χ2v) is 8.85. The van der Waals surface area contributed by atoms with Gasteiger partial charge in [0.05, 0.1) is 5.56 Å². The van der Waals surface area contributed by atoms with Gasteiger partial charge >= 0.3 is 6.18 Å². The van der Waals surface area contributed by atoms with E-state index in [4.69, 9.17) is 0 Å². The first-order valence-electron chi connectivity index (χ1n) is 9.84. The van der Waals surface area contributed by atoms with E-state index in [-0.39, 0.29) is 0 Å². The Morgan fingerprint density at radius 1 is 1.00 bits per heavy atom. The minimum Gasteiger partial charge on any atom is -0.303 e. The number of hydrogen-bond acceptors (Lipinski definition) is 2. The molecule has 1 saturated heterocycles. The molecule has 1 aliphatic heterocycles. The van der Waals surface area contributed by atoms with E-state index in [1.165, 1.54) is 54.7 Å². The molecule has 0 amide bonds. The highest BCUT2D eigenvalue weighted by Gasteiger charge is 2.30. The minimum absolute atomic E-state index is 0.603. The Hall–Kier alpha value is -1.85.